The highest BCUT2D eigenvalue weighted by Gasteiger charge is 2.28. The quantitative estimate of drug-likeness (QED) is 0.411. The second-order valence-corrected chi connectivity index (χ2v) is 8.93. The highest BCUT2D eigenvalue weighted by atomic mass is 79.9. The molecule has 1 amide bonds. The molecule has 31 heavy (non-hydrogen) atoms. The lowest BCUT2D eigenvalue weighted by Gasteiger charge is -2.37. The Morgan fingerprint density at radius 3 is 2.52 bits per heavy atom. The molecule has 0 saturated carbocycles. The summed E-state index contributed by atoms with van der Waals surface area (Å²) >= 11 is 3.56. The van der Waals surface area contributed by atoms with Crippen molar-refractivity contribution in [2.75, 3.05) is 31.1 Å². The predicted octanol–water partition coefficient (Wildman–Crippen LogP) is 5.09. The van der Waals surface area contributed by atoms with Crippen molar-refractivity contribution in [1.29, 1.82) is 0 Å². The minimum atomic E-state index is -0.0683. The Morgan fingerprint density at radius 1 is 1.00 bits per heavy atom. The first-order chi connectivity index (χ1) is 15.2. The molecule has 158 valence electrons. The third-order valence-corrected chi connectivity index (χ3v) is 6.69. The van der Waals surface area contributed by atoms with Gasteiger partial charge in [0.1, 0.15) is 0 Å². The summed E-state index contributed by atoms with van der Waals surface area (Å²) in [6, 6.07) is 20.5. The Kier molecular flexibility index (Phi) is 5.40. The van der Waals surface area contributed by atoms with E-state index in [1.165, 1.54) is 0 Å². The molecule has 0 bridgehead atoms. The highest BCUT2D eigenvalue weighted by Crippen LogP contribution is 2.29. The van der Waals surface area contributed by atoms with Crippen LogP contribution in [0.15, 0.2) is 71.3 Å². The second-order valence-electron chi connectivity index (χ2n) is 8.02. The van der Waals surface area contributed by atoms with Crippen molar-refractivity contribution in [3.8, 4) is 0 Å². The molecule has 1 fully saturated rings. The average molecular weight is 477 g/mol. The van der Waals surface area contributed by atoms with Crippen molar-refractivity contribution in [2.24, 2.45) is 0 Å². The van der Waals surface area contributed by atoms with Crippen LogP contribution in [0.1, 0.15) is 24.8 Å². The number of aromatic nitrogens is 2. The van der Waals surface area contributed by atoms with Crippen LogP contribution >= 0.6 is 15.9 Å². The van der Waals surface area contributed by atoms with Gasteiger partial charge < -0.3 is 14.2 Å². The highest BCUT2D eigenvalue weighted by molar-refractivity contribution is 9.10. The van der Waals surface area contributed by atoms with E-state index in [2.05, 4.69) is 74.7 Å². The average Bonchev–Trinajstić information content (AvgIpc) is 3.30. The fraction of sp³-hybridized carbons (Fsp3) is 0.280. The van der Waals surface area contributed by atoms with Crippen molar-refractivity contribution in [2.45, 2.75) is 19.3 Å². The molecule has 0 N–H and O–H groups in total. The van der Waals surface area contributed by atoms with Gasteiger partial charge >= 0.3 is 0 Å². The number of anilines is 1. The van der Waals surface area contributed by atoms with Gasteiger partial charge in [0.15, 0.2) is 5.82 Å². The van der Waals surface area contributed by atoms with E-state index in [0.29, 0.717) is 13.1 Å². The van der Waals surface area contributed by atoms with Gasteiger partial charge in [0.2, 0.25) is 5.91 Å². The maximum absolute atomic E-state index is 13.2. The molecule has 1 aliphatic heterocycles. The van der Waals surface area contributed by atoms with Crippen LogP contribution in [0.25, 0.3) is 16.6 Å². The van der Waals surface area contributed by atoms with Crippen LogP contribution in [0.3, 0.4) is 0 Å². The Hall–Kier alpha value is -2.86. The molecule has 1 atom stereocenters. The summed E-state index contributed by atoms with van der Waals surface area (Å²) in [4.78, 5) is 22.6. The standard InChI is InChI=1S/C25H25BrN4O/c1-2-20(18-7-4-3-5-8-18)25(31)29-15-13-28(14-16-29)24-23-9-6-12-30(23)22-11-10-19(26)17-21(22)27-24/h3-12,17,20H,2,13-16H2,1H3. The van der Waals surface area contributed by atoms with E-state index in [-0.39, 0.29) is 11.8 Å². The first-order valence-electron chi connectivity index (χ1n) is 10.8. The van der Waals surface area contributed by atoms with Crippen molar-refractivity contribution >= 4 is 44.2 Å². The van der Waals surface area contributed by atoms with Crippen LogP contribution in [0.5, 0.6) is 0 Å². The lowest BCUT2D eigenvalue weighted by molar-refractivity contribution is -0.133. The molecule has 2 aromatic carbocycles. The number of carbonyl (C=O) groups is 1. The van der Waals surface area contributed by atoms with Gasteiger partial charge in [-0.3, -0.25) is 4.79 Å². The van der Waals surface area contributed by atoms with E-state index in [4.69, 9.17) is 4.98 Å². The van der Waals surface area contributed by atoms with Gasteiger partial charge in [-0.15, -0.1) is 0 Å². The van der Waals surface area contributed by atoms with Gasteiger partial charge in [0.05, 0.1) is 22.5 Å². The molecule has 5 rings (SSSR count). The number of hydrogen-bond acceptors (Lipinski definition) is 3. The van der Waals surface area contributed by atoms with Gasteiger partial charge in [-0.25, -0.2) is 4.98 Å². The van der Waals surface area contributed by atoms with Gasteiger partial charge in [-0.2, -0.15) is 0 Å². The molecule has 0 aliphatic carbocycles. The van der Waals surface area contributed by atoms with Gasteiger partial charge in [-0.05, 0) is 42.3 Å². The van der Waals surface area contributed by atoms with E-state index >= 15 is 0 Å². The van der Waals surface area contributed by atoms with Crippen LogP contribution in [-0.2, 0) is 4.79 Å². The van der Waals surface area contributed by atoms with Gasteiger partial charge in [0.25, 0.3) is 0 Å². The molecule has 0 radical (unpaired) electrons. The lowest BCUT2D eigenvalue weighted by atomic mass is 9.95. The molecular weight excluding hydrogens is 452 g/mol. The van der Waals surface area contributed by atoms with E-state index in [9.17, 15) is 4.79 Å². The number of hydrogen-bond donors (Lipinski definition) is 0. The number of amides is 1. The zero-order valence-electron chi connectivity index (χ0n) is 17.5. The molecule has 6 heteroatoms. The van der Waals surface area contributed by atoms with Crippen LogP contribution in [0.4, 0.5) is 5.82 Å². The molecule has 1 unspecified atom stereocenters. The van der Waals surface area contributed by atoms with Crippen molar-refractivity contribution in [1.82, 2.24) is 14.3 Å². The molecule has 2 aromatic heterocycles. The number of carbonyl (C=O) groups excluding carboxylic acids is 1. The zero-order chi connectivity index (χ0) is 21.4. The molecule has 3 heterocycles. The SMILES string of the molecule is CCC(C(=O)N1CCN(c2nc3cc(Br)ccc3n3cccc23)CC1)c1ccccc1. The molecule has 1 saturated heterocycles. The first-order valence-corrected chi connectivity index (χ1v) is 11.6. The number of rotatable bonds is 4. The maximum atomic E-state index is 13.2. The normalized spacial score (nSPS) is 15.5. The van der Waals surface area contributed by atoms with Crippen LogP contribution in [0.2, 0.25) is 0 Å². The van der Waals surface area contributed by atoms with Crippen LogP contribution < -0.4 is 4.90 Å². The summed E-state index contributed by atoms with van der Waals surface area (Å²) in [6.07, 6.45) is 2.90. The Balaban J connectivity index is 1.38. The minimum absolute atomic E-state index is 0.0683. The largest absolute Gasteiger partial charge is 0.351 e. The fourth-order valence-corrected chi connectivity index (χ4v) is 4.91. The first kappa shape index (κ1) is 20.1. The van der Waals surface area contributed by atoms with E-state index in [0.717, 1.165) is 51.9 Å². The topological polar surface area (TPSA) is 40.9 Å². The Morgan fingerprint density at radius 2 is 1.77 bits per heavy atom. The zero-order valence-corrected chi connectivity index (χ0v) is 19.1. The number of benzene rings is 2. The lowest BCUT2D eigenvalue weighted by Crippen LogP contribution is -2.50. The third-order valence-electron chi connectivity index (χ3n) is 6.20. The number of fused-ring (bicyclic) bond motifs is 3. The monoisotopic (exact) mass is 476 g/mol. The molecule has 5 nitrogen and oxygen atoms in total. The number of halogens is 1. The van der Waals surface area contributed by atoms with Crippen molar-refractivity contribution < 1.29 is 4.79 Å². The third kappa shape index (κ3) is 3.69. The molecule has 4 aromatic rings. The van der Waals surface area contributed by atoms with Crippen LogP contribution in [-0.4, -0.2) is 46.4 Å². The predicted molar refractivity (Wildman–Crippen MR) is 129 cm³/mol. The summed E-state index contributed by atoms with van der Waals surface area (Å²) in [7, 11) is 0. The Labute approximate surface area is 190 Å². The van der Waals surface area contributed by atoms with Crippen molar-refractivity contribution in [3.63, 3.8) is 0 Å². The molecular formula is C25H25BrN4O. The van der Waals surface area contributed by atoms with Crippen molar-refractivity contribution in [3.05, 3.63) is 76.9 Å². The van der Waals surface area contributed by atoms with Gasteiger partial charge in [-0.1, -0.05) is 53.2 Å². The number of piperazine rings is 1. The minimum Gasteiger partial charge on any atom is -0.351 e. The van der Waals surface area contributed by atoms with E-state index in [1.54, 1.807) is 0 Å². The summed E-state index contributed by atoms with van der Waals surface area (Å²) in [6.45, 7) is 5.08. The molecule has 1 aliphatic rings. The number of nitrogens with zero attached hydrogens (tertiary/aromatic N) is 4. The van der Waals surface area contributed by atoms with Crippen LogP contribution in [0, 0.1) is 0 Å². The van der Waals surface area contributed by atoms with E-state index < -0.39 is 0 Å². The Bertz CT molecular complexity index is 1230. The summed E-state index contributed by atoms with van der Waals surface area (Å²) in [5.74, 6) is 1.15. The summed E-state index contributed by atoms with van der Waals surface area (Å²) in [5.41, 5.74) is 4.26. The summed E-state index contributed by atoms with van der Waals surface area (Å²) < 4.78 is 3.22. The second kappa shape index (κ2) is 8.35. The molecule has 0 spiro atoms. The summed E-state index contributed by atoms with van der Waals surface area (Å²) in [5, 5.41) is 0. The van der Waals surface area contributed by atoms with Gasteiger partial charge in [0, 0.05) is 36.8 Å². The fourth-order valence-electron chi connectivity index (χ4n) is 4.56. The maximum Gasteiger partial charge on any atom is 0.230 e. The van der Waals surface area contributed by atoms with E-state index in [1.807, 2.05) is 29.2 Å². The smallest absolute Gasteiger partial charge is 0.230 e.